The summed E-state index contributed by atoms with van der Waals surface area (Å²) in [6, 6.07) is 1.08. The van der Waals surface area contributed by atoms with Crippen molar-refractivity contribution in [3.63, 3.8) is 0 Å². The van der Waals surface area contributed by atoms with Gasteiger partial charge in [-0.2, -0.15) is 0 Å². The molecule has 0 amide bonds. The SMILES string of the molecule is O=C(O)c1cc(S(=O)(=O)NCCCc2ncc[nH]2)c[nH]1. The Labute approximate surface area is 115 Å². The highest BCUT2D eigenvalue weighted by Gasteiger charge is 2.17. The first-order chi connectivity index (χ1) is 9.49. The van der Waals surface area contributed by atoms with Gasteiger partial charge in [0.25, 0.3) is 0 Å². The third-order valence-electron chi connectivity index (χ3n) is 2.63. The molecule has 0 aliphatic rings. The summed E-state index contributed by atoms with van der Waals surface area (Å²) in [5.41, 5.74) is -0.166. The molecule has 0 fully saturated rings. The summed E-state index contributed by atoms with van der Waals surface area (Å²) in [5.74, 6) is -0.414. The number of imidazole rings is 1. The Bertz CT molecular complexity index is 675. The minimum absolute atomic E-state index is 0.0899. The number of H-pyrrole nitrogens is 2. The Morgan fingerprint density at radius 1 is 1.40 bits per heavy atom. The second-order valence-electron chi connectivity index (χ2n) is 4.09. The van der Waals surface area contributed by atoms with Crippen molar-refractivity contribution in [2.45, 2.75) is 17.7 Å². The molecule has 2 rings (SSSR count). The smallest absolute Gasteiger partial charge is 0.352 e. The van der Waals surface area contributed by atoms with Crippen LogP contribution < -0.4 is 4.72 Å². The molecule has 0 aliphatic carbocycles. The molecular formula is C11H14N4O4S. The Morgan fingerprint density at radius 2 is 2.20 bits per heavy atom. The predicted molar refractivity (Wildman–Crippen MR) is 69.8 cm³/mol. The number of aromatic nitrogens is 3. The molecule has 0 atom stereocenters. The number of sulfonamides is 1. The highest BCUT2D eigenvalue weighted by atomic mass is 32.2. The van der Waals surface area contributed by atoms with Crippen molar-refractivity contribution in [1.82, 2.24) is 19.7 Å². The Hall–Kier alpha value is -2.13. The normalized spacial score (nSPS) is 11.6. The van der Waals surface area contributed by atoms with E-state index in [-0.39, 0.29) is 17.1 Å². The molecule has 2 aromatic heterocycles. The van der Waals surface area contributed by atoms with E-state index in [1.807, 2.05) is 0 Å². The van der Waals surface area contributed by atoms with Crippen molar-refractivity contribution in [2.75, 3.05) is 6.54 Å². The van der Waals surface area contributed by atoms with Gasteiger partial charge in [-0.05, 0) is 12.5 Å². The molecule has 20 heavy (non-hydrogen) atoms. The third-order valence-corrected chi connectivity index (χ3v) is 4.07. The number of rotatable bonds is 7. The van der Waals surface area contributed by atoms with E-state index in [4.69, 9.17) is 5.11 Å². The van der Waals surface area contributed by atoms with Crippen LogP contribution in [0.4, 0.5) is 0 Å². The summed E-state index contributed by atoms with van der Waals surface area (Å²) in [7, 11) is -3.69. The second-order valence-corrected chi connectivity index (χ2v) is 5.86. The van der Waals surface area contributed by atoms with Crippen molar-refractivity contribution in [1.29, 1.82) is 0 Å². The van der Waals surface area contributed by atoms with Crippen LogP contribution in [0, 0.1) is 0 Å². The molecule has 108 valence electrons. The van der Waals surface area contributed by atoms with Crippen LogP contribution >= 0.6 is 0 Å². The lowest BCUT2D eigenvalue weighted by Gasteiger charge is -2.03. The van der Waals surface area contributed by atoms with Gasteiger partial charge in [0.15, 0.2) is 0 Å². The van der Waals surface area contributed by atoms with E-state index in [1.165, 1.54) is 0 Å². The zero-order valence-electron chi connectivity index (χ0n) is 10.5. The van der Waals surface area contributed by atoms with Crippen LogP contribution in [-0.4, -0.2) is 41.0 Å². The molecule has 2 heterocycles. The molecule has 0 radical (unpaired) electrons. The van der Waals surface area contributed by atoms with Crippen LogP contribution in [0.5, 0.6) is 0 Å². The van der Waals surface area contributed by atoms with Gasteiger partial charge in [0.05, 0.1) is 0 Å². The highest BCUT2D eigenvalue weighted by molar-refractivity contribution is 7.89. The van der Waals surface area contributed by atoms with Gasteiger partial charge in [0.2, 0.25) is 10.0 Å². The number of hydrogen-bond donors (Lipinski definition) is 4. The molecule has 9 heteroatoms. The fourth-order valence-electron chi connectivity index (χ4n) is 1.63. The number of aromatic carboxylic acids is 1. The molecule has 8 nitrogen and oxygen atoms in total. The monoisotopic (exact) mass is 298 g/mol. The van der Waals surface area contributed by atoms with Crippen LogP contribution in [-0.2, 0) is 16.4 Å². The lowest BCUT2D eigenvalue weighted by molar-refractivity contribution is 0.0691. The van der Waals surface area contributed by atoms with E-state index in [0.717, 1.165) is 18.1 Å². The average molecular weight is 298 g/mol. The number of nitrogens with zero attached hydrogens (tertiary/aromatic N) is 1. The van der Waals surface area contributed by atoms with Gasteiger partial charge in [-0.1, -0.05) is 0 Å². The van der Waals surface area contributed by atoms with Crippen molar-refractivity contribution in [3.05, 3.63) is 36.2 Å². The number of carboxylic acids is 1. The zero-order valence-corrected chi connectivity index (χ0v) is 11.3. The van der Waals surface area contributed by atoms with Gasteiger partial charge in [0.1, 0.15) is 16.4 Å². The van der Waals surface area contributed by atoms with Crippen LogP contribution in [0.25, 0.3) is 0 Å². The molecular weight excluding hydrogens is 284 g/mol. The summed E-state index contributed by atoms with van der Waals surface area (Å²) in [5, 5.41) is 8.73. The number of carbonyl (C=O) groups is 1. The van der Waals surface area contributed by atoms with Gasteiger partial charge >= 0.3 is 5.97 Å². The van der Waals surface area contributed by atoms with Crippen molar-refractivity contribution >= 4 is 16.0 Å². The van der Waals surface area contributed by atoms with E-state index in [1.54, 1.807) is 12.4 Å². The standard InChI is InChI=1S/C11H14N4O4S/c16-11(17)9-6-8(7-14-9)20(18,19)15-3-1-2-10-12-4-5-13-10/h4-7,14-15H,1-3H2,(H,12,13)(H,16,17). The minimum atomic E-state index is -3.69. The Balaban J connectivity index is 1.88. The molecule has 2 aromatic rings. The Morgan fingerprint density at radius 3 is 2.80 bits per heavy atom. The maximum absolute atomic E-state index is 11.9. The van der Waals surface area contributed by atoms with Gasteiger partial charge in [-0.25, -0.2) is 22.9 Å². The van der Waals surface area contributed by atoms with E-state index in [9.17, 15) is 13.2 Å². The van der Waals surface area contributed by atoms with Crippen molar-refractivity contribution < 1.29 is 18.3 Å². The maximum atomic E-state index is 11.9. The maximum Gasteiger partial charge on any atom is 0.352 e. The first-order valence-corrected chi connectivity index (χ1v) is 7.37. The first kappa shape index (κ1) is 14.3. The van der Waals surface area contributed by atoms with E-state index in [2.05, 4.69) is 19.7 Å². The number of carboxylic acid groups (broad SMARTS) is 1. The van der Waals surface area contributed by atoms with E-state index >= 15 is 0 Å². The minimum Gasteiger partial charge on any atom is -0.477 e. The van der Waals surface area contributed by atoms with Crippen LogP contribution in [0.2, 0.25) is 0 Å². The summed E-state index contributed by atoms with van der Waals surface area (Å²) in [4.78, 5) is 19.9. The lowest BCUT2D eigenvalue weighted by Crippen LogP contribution is -2.24. The van der Waals surface area contributed by atoms with Gasteiger partial charge < -0.3 is 15.1 Å². The lowest BCUT2D eigenvalue weighted by atomic mass is 10.3. The molecule has 0 bridgehead atoms. The van der Waals surface area contributed by atoms with E-state index in [0.29, 0.717) is 12.8 Å². The molecule has 0 saturated carbocycles. The molecule has 0 aromatic carbocycles. The molecule has 0 saturated heterocycles. The quantitative estimate of drug-likeness (QED) is 0.548. The Kier molecular flexibility index (Phi) is 4.20. The summed E-state index contributed by atoms with van der Waals surface area (Å²) < 4.78 is 26.2. The number of nitrogens with one attached hydrogen (secondary N) is 3. The third kappa shape index (κ3) is 3.45. The molecule has 0 spiro atoms. The molecule has 0 aliphatic heterocycles. The van der Waals surface area contributed by atoms with Crippen molar-refractivity contribution in [3.8, 4) is 0 Å². The predicted octanol–water partition coefficient (Wildman–Crippen LogP) is 0.347. The average Bonchev–Trinajstić information content (AvgIpc) is 3.05. The fraction of sp³-hybridized carbons (Fsp3) is 0.273. The summed E-state index contributed by atoms with van der Waals surface area (Å²) >= 11 is 0. The van der Waals surface area contributed by atoms with Crippen molar-refractivity contribution in [2.24, 2.45) is 0 Å². The zero-order chi connectivity index (χ0) is 14.6. The number of aromatic amines is 2. The first-order valence-electron chi connectivity index (χ1n) is 5.88. The van der Waals surface area contributed by atoms with Gasteiger partial charge in [-0.3, -0.25) is 0 Å². The number of hydrogen-bond acceptors (Lipinski definition) is 4. The summed E-state index contributed by atoms with van der Waals surface area (Å²) in [6.07, 6.45) is 5.70. The summed E-state index contributed by atoms with van der Waals surface area (Å²) in [6.45, 7) is 0.247. The fourth-order valence-corrected chi connectivity index (χ4v) is 2.70. The van der Waals surface area contributed by atoms with Crippen LogP contribution in [0.1, 0.15) is 22.7 Å². The van der Waals surface area contributed by atoms with Crippen LogP contribution in [0.3, 0.4) is 0 Å². The number of aryl methyl sites for hydroxylation is 1. The van der Waals surface area contributed by atoms with Gasteiger partial charge in [0, 0.05) is 31.6 Å². The van der Waals surface area contributed by atoms with Gasteiger partial charge in [-0.15, -0.1) is 0 Å². The molecule has 0 unspecified atom stereocenters. The second kappa shape index (κ2) is 5.88. The molecule has 4 N–H and O–H groups in total. The van der Waals surface area contributed by atoms with E-state index < -0.39 is 16.0 Å². The topological polar surface area (TPSA) is 128 Å². The van der Waals surface area contributed by atoms with Crippen LogP contribution in [0.15, 0.2) is 29.6 Å². The highest BCUT2D eigenvalue weighted by Crippen LogP contribution is 2.10. The largest absolute Gasteiger partial charge is 0.477 e.